The van der Waals surface area contributed by atoms with Crippen molar-refractivity contribution in [1.29, 1.82) is 0 Å². The second kappa shape index (κ2) is 6.16. The molecule has 3 rings (SSSR count). The van der Waals surface area contributed by atoms with Gasteiger partial charge in [-0.1, -0.05) is 37.3 Å². The van der Waals surface area contributed by atoms with Crippen molar-refractivity contribution in [3.8, 4) is 11.5 Å². The fourth-order valence-corrected chi connectivity index (χ4v) is 2.72. The molecule has 4 heteroatoms. The second-order valence-corrected chi connectivity index (χ2v) is 5.59. The Bertz CT molecular complexity index is 881. The van der Waals surface area contributed by atoms with E-state index in [1.807, 2.05) is 37.3 Å². The van der Waals surface area contributed by atoms with Crippen LogP contribution in [0.5, 0.6) is 11.5 Å². The van der Waals surface area contributed by atoms with Crippen LogP contribution in [0.15, 0.2) is 57.7 Å². The third kappa shape index (κ3) is 2.93. The standard InChI is InChI=1S/C19H18O4/c1-12(13-6-4-3-5-7-13)10-16-18(20)15-9-8-14(22-2)11-17(15)23-19(16)21/h3-9,11-12,20H,10H2,1-2H3. The fraction of sp³-hybridized carbons (Fsp3) is 0.211. The Labute approximate surface area is 134 Å². The van der Waals surface area contributed by atoms with Crippen LogP contribution >= 0.6 is 0 Å². The van der Waals surface area contributed by atoms with Gasteiger partial charge in [-0.3, -0.25) is 0 Å². The molecule has 1 unspecified atom stereocenters. The van der Waals surface area contributed by atoms with Crippen LogP contribution in [0.25, 0.3) is 11.0 Å². The number of benzene rings is 2. The average molecular weight is 310 g/mol. The summed E-state index contributed by atoms with van der Waals surface area (Å²) >= 11 is 0. The lowest BCUT2D eigenvalue weighted by molar-refractivity contribution is 0.413. The summed E-state index contributed by atoms with van der Waals surface area (Å²) in [6, 6.07) is 14.9. The zero-order valence-electron chi connectivity index (χ0n) is 13.1. The van der Waals surface area contributed by atoms with Crippen molar-refractivity contribution in [3.05, 3.63) is 70.1 Å². The highest BCUT2D eigenvalue weighted by Gasteiger charge is 2.17. The van der Waals surface area contributed by atoms with Crippen LogP contribution < -0.4 is 10.4 Å². The summed E-state index contributed by atoms with van der Waals surface area (Å²) in [6.07, 6.45) is 0.417. The third-order valence-corrected chi connectivity index (χ3v) is 4.06. The van der Waals surface area contributed by atoms with E-state index < -0.39 is 5.63 Å². The minimum Gasteiger partial charge on any atom is -0.507 e. The van der Waals surface area contributed by atoms with E-state index in [1.165, 1.54) is 7.11 Å². The van der Waals surface area contributed by atoms with Crippen LogP contribution in [-0.2, 0) is 6.42 Å². The first-order valence-electron chi connectivity index (χ1n) is 7.47. The molecule has 4 nitrogen and oxygen atoms in total. The normalized spacial score (nSPS) is 12.3. The molecule has 1 N–H and O–H groups in total. The van der Waals surface area contributed by atoms with Gasteiger partial charge in [0.15, 0.2) is 0 Å². The van der Waals surface area contributed by atoms with Crippen molar-refractivity contribution in [2.75, 3.05) is 7.11 Å². The first-order chi connectivity index (χ1) is 11.1. The third-order valence-electron chi connectivity index (χ3n) is 4.06. The van der Waals surface area contributed by atoms with E-state index in [9.17, 15) is 9.90 Å². The second-order valence-electron chi connectivity index (χ2n) is 5.59. The maximum atomic E-state index is 12.3. The Morgan fingerprint density at radius 1 is 1.17 bits per heavy atom. The highest BCUT2D eigenvalue weighted by molar-refractivity contribution is 5.85. The lowest BCUT2D eigenvalue weighted by Gasteiger charge is -2.13. The van der Waals surface area contributed by atoms with Crippen LogP contribution in [0.2, 0.25) is 0 Å². The summed E-state index contributed by atoms with van der Waals surface area (Å²) in [5.74, 6) is 0.660. The van der Waals surface area contributed by atoms with E-state index in [1.54, 1.807) is 18.2 Å². The van der Waals surface area contributed by atoms with Gasteiger partial charge < -0.3 is 14.3 Å². The maximum absolute atomic E-state index is 12.3. The molecule has 23 heavy (non-hydrogen) atoms. The Kier molecular flexibility index (Phi) is 4.06. The number of rotatable bonds is 4. The van der Waals surface area contributed by atoms with Gasteiger partial charge in [0.1, 0.15) is 17.1 Å². The molecule has 1 aromatic heterocycles. The Morgan fingerprint density at radius 3 is 2.61 bits per heavy atom. The van der Waals surface area contributed by atoms with E-state index in [0.717, 1.165) is 5.56 Å². The Hall–Kier alpha value is -2.75. The molecule has 1 heterocycles. The fourth-order valence-electron chi connectivity index (χ4n) is 2.72. The van der Waals surface area contributed by atoms with Gasteiger partial charge >= 0.3 is 5.63 Å². The first kappa shape index (κ1) is 15.2. The molecule has 0 amide bonds. The predicted octanol–water partition coefficient (Wildman–Crippen LogP) is 3.85. The van der Waals surface area contributed by atoms with Crippen LogP contribution in [0.4, 0.5) is 0 Å². The summed E-state index contributed by atoms with van der Waals surface area (Å²) in [5.41, 5.74) is 1.23. The molecule has 0 aliphatic carbocycles. The number of fused-ring (bicyclic) bond motifs is 1. The number of methoxy groups -OCH3 is 1. The van der Waals surface area contributed by atoms with E-state index in [2.05, 4.69) is 0 Å². The predicted molar refractivity (Wildman–Crippen MR) is 89.3 cm³/mol. The zero-order valence-corrected chi connectivity index (χ0v) is 13.1. The van der Waals surface area contributed by atoms with E-state index in [0.29, 0.717) is 28.7 Å². The lowest BCUT2D eigenvalue weighted by atomic mass is 9.93. The molecule has 1 atom stereocenters. The molecule has 0 saturated heterocycles. The van der Waals surface area contributed by atoms with Crippen molar-refractivity contribution in [1.82, 2.24) is 0 Å². The molecule has 3 aromatic rings. The highest BCUT2D eigenvalue weighted by Crippen LogP contribution is 2.31. The molecule has 118 valence electrons. The summed E-state index contributed by atoms with van der Waals surface area (Å²) < 4.78 is 10.5. The molecule has 0 aliphatic rings. The summed E-state index contributed by atoms with van der Waals surface area (Å²) in [4.78, 5) is 12.3. The van der Waals surface area contributed by atoms with Crippen molar-refractivity contribution < 1.29 is 14.3 Å². The maximum Gasteiger partial charge on any atom is 0.343 e. The van der Waals surface area contributed by atoms with E-state index in [4.69, 9.17) is 9.15 Å². The van der Waals surface area contributed by atoms with Crippen LogP contribution in [0, 0.1) is 0 Å². The SMILES string of the molecule is COc1ccc2c(O)c(CC(C)c3ccccc3)c(=O)oc2c1. The molecule has 0 fully saturated rings. The molecule has 0 spiro atoms. The zero-order chi connectivity index (χ0) is 16.4. The van der Waals surface area contributed by atoms with Gasteiger partial charge in [0.25, 0.3) is 0 Å². The van der Waals surface area contributed by atoms with Crippen molar-refractivity contribution in [2.24, 2.45) is 0 Å². The Balaban J connectivity index is 2.03. The molecule has 0 radical (unpaired) electrons. The van der Waals surface area contributed by atoms with E-state index in [-0.39, 0.29) is 11.7 Å². The van der Waals surface area contributed by atoms with Crippen molar-refractivity contribution in [3.63, 3.8) is 0 Å². The largest absolute Gasteiger partial charge is 0.507 e. The quantitative estimate of drug-likeness (QED) is 0.744. The highest BCUT2D eigenvalue weighted by atomic mass is 16.5. The van der Waals surface area contributed by atoms with Gasteiger partial charge in [-0.25, -0.2) is 4.79 Å². The smallest absolute Gasteiger partial charge is 0.343 e. The minimum absolute atomic E-state index is 0.0123. The molecule has 0 aliphatic heterocycles. The monoisotopic (exact) mass is 310 g/mol. The number of ether oxygens (including phenoxy) is 1. The Morgan fingerprint density at radius 2 is 1.91 bits per heavy atom. The van der Waals surface area contributed by atoms with Gasteiger partial charge in [-0.05, 0) is 30.0 Å². The molecular formula is C19H18O4. The van der Waals surface area contributed by atoms with Crippen LogP contribution in [0.3, 0.4) is 0 Å². The first-order valence-corrected chi connectivity index (χ1v) is 7.47. The minimum atomic E-state index is -0.508. The lowest BCUT2D eigenvalue weighted by Crippen LogP contribution is -2.11. The van der Waals surface area contributed by atoms with Crippen molar-refractivity contribution >= 4 is 11.0 Å². The van der Waals surface area contributed by atoms with Crippen LogP contribution in [0.1, 0.15) is 24.0 Å². The number of hydrogen-bond donors (Lipinski definition) is 1. The summed E-state index contributed by atoms with van der Waals surface area (Å²) in [7, 11) is 1.54. The molecule has 2 aromatic carbocycles. The van der Waals surface area contributed by atoms with Crippen molar-refractivity contribution in [2.45, 2.75) is 19.3 Å². The van der Waals surface area contributed by atoms with Crippen LogP contribution in [-0.4, -0.2) is 12.2 Å². The van der Waals surface area contributed by atoms with Gasteiger partial charge in [-0.2, -0.15) is 0 Å². The van der Waals surface area contributed by atoms with Gasteiger partial charge in [0.05, 0.1) is 18.1 Å². The molecule has 0 saturated carbocycles. The van der Waals surface area contributed by atoms with Gasteiger partial charge in [0.2, 0.25) is 0 Å². The molecule has 0 bridgehead atoms. The summed E-state index contributed by atoms with van der Waals surface area (Å²) in [6.45, 7) is 2.02. The number of aromatic hydroxyl groups is 1. The average Bonchev–Trinajstić information content (AvgIpc) is 2.58. The molecular weight excluding hydrogens is 292 g/mol. The summed E-state index contributed by atoms with van der Waals surface area (Å²) in [5, 5.41) is 11.0. The topological polar surface area (TPSA) is 59.7 Å². The number of hydrogen-bond acceptors (Lipinski definition) is 4. The van der Waals surface area contributed by atoms with Gasteiger partial charge in [-0.15, -0.1) is 0 Å². The van der Waals surface area contributed by atoms with E-state index >= 15 is 0 Å². The van der Waals surface area contributed by atoms with Gasteiger partial charge in [0, 0.05) is 6.07 Å².